The summed E-state index contributed by atoms with van der Waals surface area (Å²) in [5, 5.41) is 6.22. The number of hydrogen-bond acceptors (Lipinski definition) is 3. The molecule has 1 amide bonds. The van der Waals surface area contributed by atoms with Crippen LogP contribution in [0.15, 0.2) is 12.1 Å². The molecule has 0 aliphatic carbocycles. The van der Waals surface area contributed by atoms with Crippen LogP contribution in [0.2, 0.25) is 0 Å². The van der Waals surface area contributed by atoms with Gasteiger partial charge in [-0.15, -0.1) is 0 Å². The molecule has 1 aromatic rings. The van der Waals surface area contributed by atoms with Gasteiger partial charge >= 0.3 is 0 Å². The van der Waals surface area contributed by atoms with Crippen LogP contribution in [0.3, 0.4) is 0 Å². The first-order valence-electron chi connectivity index (χ1n) is 8.00. The molecule has 0 saturated carbocycles. The summed E-state index contributed by atoms with van der Waals surface area (Å²) in [5.74, 6) is 1.81. The molecule has 0 fully saturated rings. The van der Waals surface area contributed by atoms with Crippen LogP contribution in [-0.4, -0.2) is 24.0 Å². The van der Waals surface area contributed by atoms with Crippen molar-refractivity contribution < 1.29 is 4.79 Å². The SMILES string of the molecule is CCCc1cc(C(=O)NCC(C)C(C)C)cc(NCC)n1. The Labute approximate surface area is 128 Å². The highest BCUT2D eigenvalue weighted by atomic mass is 16.1. The Balaban J connectivity index is 2.81. The van der Waals surface area contributed by atoms with Crippen molar-refractivity contribution in [3.8, 4) is 0 Å². The van der Waals surface area contributed by atoms with Crippen LogP contribution in [-0.2, 0) is 6.42 Å². The molecule has 1 unspecified atom stereocenters. The molecule has 0 aliphatic rings. The molecule has 2 N–H and O–H groups in total. The second-order valence-corrected chi connectivity index (χ2v) is 5.94. The van der Waals surface area contributed by atoms with Crippen molar-refractivity contribution in [1.82, 2.24) is 10.3 Å². The van der Waals surface area contributed by atoms with E-state index < -0.39 is 0 Å². The number of aryl methyl sites for hydroxylation is 1. The Kier molecular flexibility index (Phi) is 7.20. The zero-order valence-corrected chi connectivity index (χ0v) is 14.0. The van der Waals surface area contributed by atoms with E-state index in [2.05, 4.69) is 43.3 Å². The minimum Gasteiger partial charge on any atom is -0.370 e. The molecule has 21 heavy (non-hydrogen) atoms. The van der Waals surface area contributed by atoms with Crippen molar-refractivity contribution in [1.29, 1.82) is 0 Å². The van der Waals surface area contributed by atoms with Crippen LogP contribution >= 0.6 is 0 Å². The van der Waals surface area contributed by atoms with Crippen LogP contribution in [0.1, 0.15) is 57.1 Å². The number of nitrogens with zero attached hydrogens (tertiary/aromatic N) is 1. The molecule has 1 heterocycles. The van der Waals surface area contributed by atoms with Crippen LogP contribution in [0.4, 0.5) is 5.82 Å². The molecule has 1 rings (SSSR count). The molecular formula is C17H29N3O. The number of aromatic nitrogens is 1. The zero-order valence-electron chi connectivity index (χ0n) is 14.0. The Morgan fingerprint density at radius 2 is 1.95 bits per heavy atom. The number of anilines is 1. The summed E-state index contributed by atoms with van der Waals surface area (Å²) in [7, 11) is 0. The monoisotopic (exact) mass is 291 g/mol. The Hall–Kier alpha value is -1.58. The van der Waals surface area contributed by atoms with E-state index in [0.29, 0.717) is 23.9 Å². The van der Waals surface area contributed by atoms with Gasteiger partial charge in [0, 0.05) is 24.3 Å². The lowest BCUT2D eigenvalue weighted by Gasteiger charge is -2.16. The zero-order chi connectivity index (χ0) is 15.8. The second-order valence-electron chi connectivity index (χ2n) is 5.94. The minimum absolute atomic E-state index is 0.0126. The van der Waals surface area contributed by atoms with Gasteiger partial charge in [-0.2, -0.15) is 0 Å². The second kappa shape index (κ2) is 8.65. The van der Waals surface area contributed by atoms with E-state index >= 15 is 0 Å². The molecule has 1 aromatic heterocycles. The molecule has 118 valence electrons. The highest BCUT2D eigenvalue weighted by molar-refractivity contribution is 5.95. The standard InChI is InChI=1S/C17H29N3O/c1-6-8-15-9-14(10-16(20-15)18-7-2)17(21)19-11-13(5)12(3)4/h9-10,12-13H,6-8,11H2,1-5H3,(H,18,20)(H,19,21). The first-order chi connectivity index (χ1) is 9.97. The summed E-state index contributed by atoms with van der Waals surface area (Å²) in [6.07, 6.45) is 1.91. The summed E-state index contributed by atoms with van der Waals surface area (Å²) in [6, 6.07) is 3.73. The van der Waals surface area contributed by atoms with Crippen molar-refractivity contribution in [3.63, 3.8) is 0 Å². The Morgan fingerprint density at radius 3 is 2.52 bits per heavy atom. The first-order valence-corrected chi connectivity index (χ1v) is 8.00. The fourth-order valence-corrected chi connectivity index (χ4v) is 1.97. The normalized spacial score (nSPS) is 12.3. The summed E-state index contributed by atoms with van der Waals surface area (Å²) < 4.78 is 0. The maximum Gasteiger partial charge on any atom is 0.251 e. The van der Waals surface area contributed by atoms with Gasteiger partial charge in [0.25, 0.3) is 5.91 Å². The number of pyridine rings is 1. The van der Waals surface area contributed by atoms with Gasteiger partial charge in [0.1, 0.15) is 5.82 Å². The molecule has 0 spiro atoms. The van der Waals surface area contributed by atoms with Crippen molar-refractivity contribution in [2.24, 2.45) is 11.8 Å². The predicted molar refractivity (Wildman–Crippen MR) is 88.7 cm³/mol. The number of rotatable bonds is 8. The van der Waals surface area contributed by atoms with Gasteiger partial charge in [0.15, 0.2) is 0 Å². The Bertz CT molecular complexity index is 433. The van der Waals surface area contributed by atoms with E-state index in [-0.39, 0.29) is 5.91 Å². The smallest absolute Gasteiger partial charge is 0.251 e. The molecule has 4 nitrogen and oxygen atoms in total. The van der Waals surface area contributed by atoms with Crippen molar-refractivity contribution >= 4 is 11.7 Å². The minimum atomic E-state index is -0.0126. The average Bonchev–Trinajstić information content (AvgIpc) is 2.44. The number of hydrogen-bond donors (Lipinski definition) is 2. The number of carbonyl (C=O) groups is 1. The topological polar surface area (TPSA) is 54.0 Å². The molecule has 0 saturated heterocycles. The van der Waals surface area contributed by atoms with Gasteiger partial charge in [0.2, 0.25) is 0 Å². The lowest BCUT2D eigenvalue weighted by molar-refractivity contribution is 0.0944. The van der Waals surface area contributed by atoms with E-state index in [1.165, 1.54) is 0 Å². The van der Waals surface area contributed by atoms with Crippen LogP contribution in [0, 0.1) is 11.8 Å². The average molecular weight is 291 g/mol. The lowest BCUT2D eigenvalue weighted by Crippen LogP contribution is -2.30. The highest BCUT2D eigenvalue weighted by Crippen LogP contribution is 2.13. The number of nitrogens with one attached hydrogen (secondary N) is 2. The Morgan fingerprint density at radius 1 is 1.24 bits per heavy atom. The first kappa shape index (κ1) is 17.5. The highest BCUT2D eigenvalue weighted by Gasteiger charge is 2.12. The van der Waals surface area contributed by atoms with Gasteiger partial charge in [-0.25, -0.2) is 4.98 Å². The van der Waals surface area contributed by atoms with E-state index in [1.807, 2.05) is 19.1 Å². The fourth-order valence-electron chi connectivity index (χ4n) is 1.97. The molecule has 0 aliphatic heterocycles. The third-order valence-electron chi connectivity index (χ3n) is 3.73. The molecule has 1 atom stereocenters. The predicted octanol–water partition coefficient (Wildman–Crippen LogP) is 3.49. The number of carbonyl (C=O) groups excluding carboxylic acids is 1. The third kappa shape index (κ3) is 5.74. The van der Waals surface area contributed by atoms with E-state index in [1.54, 1.807) is 0 Å². The van der Waals surface area contributed by atoms with E-state index in [9.17, 15) is 4.79 Å². The largest absolute Gasteiger partial charge is 0.370 e. The molecular weight excluding hydrogens is 262 g/mol. The maximum atomic E-state index is 12.3. The summed E-state index contributed by atoms with van der Waals surface area (Å²) in [4.78, 5) is 16.8. The van der Waals surface area contributed by atoms with Gasteiger partial charge in [-0.3, -0.25) is 4.79 Å². The van der Waals surface area contributed by atoms with Crippen molar-refractivity contribution in [2.75, 3.05) is 18.4 Å². The van der Waals surface area contributed by atoms with Crippen LogP contribution in [0.5, 0.6) is 0 Å². The van der Waals surface area contributed by atoms with Gasteiger partial charge < -0.3 is 10.6 Å². The molecule has 4 heteroatoms. The third-order valence-corrected chi connectivity index (χ3v) is 3.73. The summed E-state index contributed by atoms with van der Waals surface area (Å²) in [5.41, 5.74) is 1.67. The summed E-state index contributed by atoms with van der Waals surface area (Å²) in [6.45, 7) is 12.2. The van der Waals surface area contributed by atoms with E-state index in [0.717, 1.165) is 30.9 Å². The van der Waals surface area contributed by atoms with Crippen molar-refractivity contribution in [3.05, 3.63) is 23.4 Å². The van der Waals surface area contributed by atoms with Gasteiger partial charge in [0.05, 0.1) is 0 Å². The van der Waals surface area contributed by atoms with Crippen LogP contribution < -0.4 is 10.6 Å². The van der Waals surface area contributed by atoms with Crippen molar-refractivity contribution in [2.45, 2.75) is 47.5 Å². The lowest BCUT2D eigenvalue weighted by atomic mass is 9.98. The molecule has 0 radical (unpaired) electrons. The maximum absolute atomic E-state index is 12.3. The quantitative estimate of drug-likeness (QED) is 0.771. The molecule has 0 aromatic carbocycles. The van der Waals surface area contributed by atoms with E-state index in [4.69, 9.17) is 0 Å². The fraction of sp³-hybridized carbons (Fsp3) is 0.647. The van der Waals surface area contributed by atoms with Gasteiger partial charge in [-0.1, -0.05) is 34.1 Å². The molecule has 0 bridgehead atoms. The van der Waals surface area contributed by atoms with Gasteiger partial charge in [-0.05, 0) is 37.3 Å². The van der Waals surface area contributed by atoms with Crippen LogP contribution in [0.25, 0.3) is 0 Å². The summed E-state index contributed by atoms with van der Waals surface area (Å²) >= 11 is 0. The number of amides is 1.